The molecule has 122 valence electrons. The summed E-state index contributed by atoms with van der Waals surface area (Å²) in [6.45, 7) is 6.72. The fraction of sp³-hybridized carbons (Fsp3) is 0.471. The van der Waals surface area contributed by atoms with Crippen molar-refractivity contribution in [3.63, 3.8) is 0 Å². The molecule has 0 bridgehead atoms. The van der Waals surface area contributed by atoms with Crippen LogP contribution < -0.4 is 0 Å². The van der Waals surface area contributed by atoms with E-state index in [2.05, 4.69) is 4.98 Å². The molecule has 2 aromatic rings. The number of aromatic nitrogens is 2. The van der Waals surface area contributed by atoms with Gasteiger partial charge in [-0.3, -0.25) is 14.6 Å². The second kappa shape index (κ2) is 6.40. The lowest BCUT2D eigenvalue weighted by molar-refractivity contribution is -0.139. The molecule has 2 amide bonds. The van der Waals surface area contributed by atoms with Crippen LogP contribution in [-0.2, 0) is 16.1 Å². The van der Waals surface area contributed by atoms with Crippen molar-refractivity contribution in [2.45, 2.75) is 26.8 Å². The van der Waals surface area contributed by atoms with Gasteiger partial charge in [-0.15, -0.1) is 0 Å². The monoisotopic (exact) mass is 314 g/mol. The molecule has 0 radical (unpaired) electrons. The topological polar surface area (TPSA) is 58.4 Å². The van der Waals surface area contributed by atoms with Crippen molar-refractivity contribution in [2.24, 2.45) is 0 Å². The summed E-state index contributed by atoms with van der Waals surface area (Å²) in [5.74, 6) is 0.263. The number of carbonyl (C=O) groups excluding carboxylic acids is 2. The van der Waals surface area contributed by atoms with Crippen LogP contribution >= 0.6 is 0 Å². The molecule has 0 saturated carbocycles. The molecule has 6 heteroatoms. The lowest BCUT2D eigenvalue weighted by Crippen LogP contribution is -2.51. The highest BCUT2D eigenvalue weighted by Crippen LogP contribution is 2.19. The van der Waals surface area contributed by atoms with Crippen LogP contribution in [0.2, 0.25) is 0 Å². The largest absolute Gasteiger partial charge is 0.339 e. The number of piperazine rings is 1. The van der Waals surface area contributed by atoms with Gasteiger partial charge in [-0.2, -0.15) is 0 Å². The van der Waals surface area contributed by atoms with E-state index in [9.17, 15) is 9.59 Å². The van der Waals surface area contributed by atoms with Gasteiger partial charge >= 0.3 is 0 Å². The molecule has 23 heavy (non-hydrogen) atoms. The Bertz CT molecular complexity index is 729. The molecular formula is C17H22N4O2. The van der Waals surface area contributed by atoms with Crippen LogP contribution in [0.4, 0.5) is 0 Å². The van der Waals surface area contributed by atoms with E-state index < -0.39 is 0 Å². The van der Waals surface area contributed by atoms with E-state index in [1.54, 1.807) is 6.20 Å². The van der Waals surface area contributed by atoms with Crippen LogP contribution in [0.25, 0.3) is 10.9 Å². The summed E-state index contributed by atoms with van der Waals surface area (Å²) in [6.07, 6.45) is 6.11. The lowest BCUT2D eigenvalue weighted by atomic mass is 10.2. The molecule has 0 spiro atoms. The summed E-state index contributed by atoms with van der Waals surface area (Å²) in [5.41, 5.74) is 2.16. The van der Waals surface area contributed by atoms with E-state index in [1.807, 2.05) is 46.7 Å². The van der Waals surface area contributed by atoms with Gasteiger partial charge in [0.15, 0.2) is 0 Å². The highest BCUT2D eigenvalue weighted by molar-refractivity contribution is 5.85. The number of amides is 2. The minimum absolute atomic E-state index is 0.0994. The maximum atomic E-state index is 12.6. The van der Waals surface area contributed by atoms with Crippen LogP contribution in [0.3, 0.4) is 0 Å². The van der Waals surface area contributed by atoms with Gasteiger partial charge < -0.3 is 14.4 Å². The van der Waals surface area contributed by atoms with Gasteiger partial charge in [0.05, 0.1) is 5.52 Å². The molecule has 6 nitrogen and oxygen atoms in total. The van der Waals surface area contributed by atoms with Gasteiger partial charge in [-0.1, -0.05) is 6.92 Å². The second-order valence-corrected chi connectivity index (χ2v) is 5.95. The van der Waals surface area contributed by atoms with E-state index in [1.165, 1.54) is 0 Å². The smallest absolute Gasteiger partial charge is 0.242 e. The first-order valence-electron chi connectivity index (χ1n) is 8.05. The maximum Gasteiger partial charge on any atom is 0.242 e. The van der Waals surface area contributed by atoms with Gasteiger partial charge in [-0.25, -0.2) is 0 Å². The third-order valence-corrected chi connectivity index (χ3v) is 4.47. The third-order valence-electron chi connectivity index (χ3n) is 4.47. The highest BCUT2D eigenvalue weighted by Gasteiger charge is 2.23. The van der Waals surface area contributed by atoms with Crippen molar-refractivity contribution in [1.82, 2.24) is 19.4 Å². The number of pyridine rings is 1. The van der Waals surface area contributed by atoms with Crippen molar-refractivity contribution in [3.8, 4) is 0 Å². The number of aryl methyl sites for hydroxylation is 1. The number of hydrogen-bond donors (Lipinski definition) is 0. The second-order valence-electron chi connectivity index (χ2n) is 5.95. The Morgan fingerprint density at radius 3 is 2.43 bits per heavy atom. The SMILES string of the molecule is CCC(=O)N1CCN(C(=O)Cn2cc(C)c3cnccc32)CC1. The molecule has 0 N–H and O–H groups in total. The van der Waals surface area contributed by atoms with E-state index >= 15 is 0 Å². The van der Waals surface area contributed by atoms with Crippen molar-refractivity contribution >= 4 is 22.7 Å². The van der Waals surface area contributed by atoms with Crippen LogP contribution in [0.15, 0.2) is 24.7 Å². The molecule has 1 aliphatic heterocycles. The predicted octanol–water partition coefficient (Wildman–Crippen LogP) is 1.43. The number of nitrogens with zero attached hydrogens (tertiary/aromatic N) is 4. The highest BCUT2D eigenvalue weighted by atomic mass is 16.2. The molecule has 3 rings (SSSR count). The normalized spacial score (nSPS) is 15.2. The van der Waals surface area contributed by atoms with E-state index in [0.29, 0.717) is 39.1 Å². The number of fused-ring (bicyclic) bond motifs is 1. The first-order chi connectivity index (χ1) is 11.1. The average Bonchev–Trinajstić information content (AvgIpc) is 2.90. The summed E-state index contributed by atoms with van der Waals surface area (Å²) < 4.78 is 1.98. The zero-order valence-electron chi connectivity index (χ0n) is 13.7. The summed E-state index contributed by atoms with van der Waals surface area (Å²) in [7, 11) is 0. The average molecular weight is 314 g/mol. The Morgan fingerprint density at radius 1 is 1.13 bits per heavy atom. The van der Waals surface area contributed by atoms with Crippen molar-refractivity contribution in [1.29, 1.82) is 0 Å². The third kappa shape index (κ3) is 3.06. The fourth-order valence-corrected chi connectivity index (χ4v) is 3.12. The molecule has 3 heterocycles. The fourth-order valence-electron chi connectivity index (χ4n) is 3.12. The molecule has 0 aliphatic carbocycles. The van der Waals surface area contributed by atoms with Gasteiger partial charge in [-0.05, 0) is 18.6 Å². The molecule has 1 saturated heterocycles. The molecule has 1 aliphatic rings. The first kappa shape index (κ1) is 15.5. The Hall–Kier alpha value is -2.37. The Balaban J connectivity index is 1.67. The molecule has 0 unspecified atom stereocenters. The van der Waals surface area contributed by atoms with Gasteiger partial charge in [0.1, 0.15) is 6.54 Å². The number of rotatable bonds is 3. The molecule has 0 atom stereocenters. The summed E-state index contributed by atoms with van der Waals surface area (Å²) in [6, 6.07) is 1.94. The Kier molecular flexibility index (Phi) is 4.32. The quantitative estimate of drug-likeness (QED) is 0.861. The number of carbonyl (C=O) groups is 2. The molecule has 2 aromatic heterocycles. The van der Waals surface area contributed by atoms with Crippen molar-refractivity contribution in [2.75, 3.05) is 26.2 Å². The molecular weight excluding hydrogens is 292 g/mol. The Labute approximate surface area is 135 Å². The van der Waals surface area contributed by atoms with Crippen LogP contribution in [0, 0.1) is 6.92 Å². The van der Waals surface area contributed by atoms with Gasteiger partial charge in [0.2, 0.25) is 11.8 Å². The van der Waals surface area contributed by atoms with Crippen molar-refractivity contribution in [3.05, 3.63) is 30.2 Å². The summed E-state index contributed by atoms with van der Waals surface area (Å²) in [4.78, 5) is 32.1. The first-order valence-corrected chi connectivity index (χ1v) is 8.05. The zero-order chi connectivity index (χ0) is 16.4. The van der Waals surface area contributed by atoms with E-state index in [-0.39, 0.29) is 11.8 Å². The van der Waals surface area contributed by atoms with Gasteiger partial charge in [0.25, 0.3) is 0 Å². The summed E-state index contributed by atoms with van der Waals surface area (Å²) in [5, 5.41) is 1.08. The predicted molar refractivity (Wildman–Crippen MR) is 87.9 cm³/mol. The number of hydrogen-bond acceptors (Lipinski definition) is 3. The van der Waals surface area contributed by atoms with Crippen LogP contribution in [0.1, 0.15) is 18.9 Å². The minimum Gasteiger partial charge on any atom is -0.339 e. The van der Waals surface area contributed by atoms with E-state index in [4.69, 9.17) is 0 Å². The van der Waals surface area contributed by atoms with E-state index in [0.717, 1.165) is 16.5 Å². The van der Waals surface area contributed by atoms with Gasteiger partial charge in [0, 0.05) is 56.6 Å². The van der Waals surface area contributed by atoms with Crippen LogP contribution in [-0.4, -0.2) is 57.3 Å². The lowest BCUT2D eigenvalue weighted by Gasteiger charge is -2.34. The molecule has 0 aromatic carbocycles. The zero-order valence-corrected chi connectivity index (χ0v) is 13.7. The standard InChI is InChI=1S/C17H22N4O2/c1-3-16(22)19-6-8-20(9-7-19)17(23)12-21-11-13(2)14-10-18-5-4-15(14)21/h4-5,10-11H,3,6-9,12H2,1-2H3. The Morgan fingerprint density at radius 2 is 1.78 bits per heavy atom. The maximum absolute atomic E-state index is 12.6. The summed E-state index contributed by atoms with van der Waals surface area (Å²) >= 11 is 0. The minimum atomic E-state index is 0.0994. The van der Waals surface area contributed by atoms with Crippen molar-refractivity contribution < 1.29 is 9.59 Å². The molecule has 1 fully saturated rings. The van der Waals surface area contributed by atoms with Crippen LogP contribution in [0.5, 0.6) is 0 Å².